The van der Waals surface area contributed by atoms with Crippen molar-refractivity contribution in [2.24, 2.45) is 5.92 Å². The quantitative estimate of drug-likeness (QED) is 0.835. The largest absolute Gasteiger partial charge is 0.381 e. The van der Waals surface area contributed by atoms with Crippen molar-refractivity contribution < 1.29 is 9.53 Å². The minimum Gasteiger partial charge on any atom is -0.381 e. The number of nitrogens with one attached hydrogen (secondary N) is 1. The summed E-state index contributed by atoms with van der Waals surface area (Å²) in [4.78, 5) is 14.2. The van der Waals surface area contributed by atoms with Crippen molar-refractivity contribution in [3.8, 4) is 0 Å². The number of urea groups is 1. The van der Waals surface area contributed by atoms with Crippen molar-refractivity contribution in [1.82, 2.24) is 10.2 Å². The van der Waals surface area contributed by atoms with E-state index in [0.29, 0.717) is 5.92 Å². The predicted octanol–water partition coefficient (Wildman–Crippen LogP) is 1.95. The summed E-state index contributed by atoms with van der Waals surface area (Å²) in [5, 5.41) is 3.13. The molecule has 0 aromatic heterocycles. The van der Waals surface area contributed by atoms with E-state index in [2.05, 4.69) is 26.1 Å². The molecule has 1 N–H and O–H groups in total. The van der Waals surface area contributed by atoms with Gasteiger partial charge in [-0.3, -0.25) is 0 Å². The molecule has 0 saturated carbocycles. The highest BCUT2D eigenvalue weighted by Crippen LogP contribution is 2.29. The first-order valence-corrected chi connectivity index (χ1v) is 7.74. The molecule has 0 aliphatic carbocycles. The van der Waals surface area contributed by atoms with Gasteiger partial charge in [0.05, 0.1) is 6.61 Å². The molecule has 2 fully saturated rings. The zero-order valence-electron chi connectivity index (χ0n) is 11.6. The lowest BCUT2D eigenvalue weighted by atomic mass is 10.0. The van der Waals surface area contributed by atoms with Gasteiger partial charge in [0.15, 0.2) is 0 Å². The molecule has 0 aromatic rings. The van der Waals surface area contributed by atoms with Crippen LogP contribution >= 0.6 is 11.8 Å². The Bertz CT molecular complexity index is 303. The topological polar surface area (TPSA) is 41.6 Å². The molecule has 2 atom stereocenters. The van der Waals surface area contributed by atoms with Crippen LogP contribution in [0.25, 0.3) is 0 Å². The van der Waals surface area contributed by atoms with Gasteiger partial charge in [-0.15, -0.1) is 0 Å². The number of thioether (sulfide) groups is 1. The minimum absolute atomic E-state index is 0.0859. The van der Waals surface area contributed by atoms with Gasteiger partial charge in [0.25, 0.3) is 0 Å². The number of amides is 2. The molecule has 104 valence electrons. The Morgan fingerprint density at radius 3 is 2.94 bits per heavy atom. The third-order valence-corrected chi connectivity index (χ3v) is 5.03. The van der Waals surface area contributed by atoms with E-state index in [9.17, 15) is 4.79 Å². The molecule has 5 heteroatoms. The van der Waals surface area contributed by atoms with Crippen LogP contribution in [-0.2, 0) is 4.74 Å². The summed E-state index contributed by atoms with van der Waals surface area (Å²) in [6, 6.07) is 0.292. The van der Waals surface area contributed by atoms with Crippen LogP contribution in [0, 0.1) is 5.92 Å². The van der Waals surface area contributed by atoms with Crippen LogP contribution in [-0.4, -0.2) is 53.8 Å². The standard InChI is InChI=1S/C13H24N2O2S/c1-10(11-4-6-17-8-11)14-12(16)15-5-7-18-13(2,3)9-15/h10-11H,4-9H2,1-3H3,(H,14,16)/t10-,11+/m0/s1. The fourth-order valence-corrected chi connectivity index (χ4v) is 3.65. The van der Waals surface area contributed by atoms with Gasteiger partial charge in [-0.05, 0) is 27.2 Å². The molecule has 4 nitrogen and oxygen atoms in total. The first-order valence-electron chi connectivity index (χ1n) is 6.75. The highest BCUT2D eigenvalue weighted by molar-refractivity contribution is 8.00. The highest BCUT2D eigenvalue weighted by atomic mass is 32.2. The zero-order chi connectivity index (χ0) is 13.2. The zero-order valence-corrected chi connectivity index (χ0v) is 12.4. The van der Waals surface area contributed by atoms with Crippen LogP contribution in [0.3, 0.4) is 0 Å². The summed E-state index contributed by atoms with van der Waals surface area (Å²) in [6.45, 7) is 9.78. The van der Waals surface area contributed by atoms with Crippen molar-refractivity contribution >= 4 is 17.8 Å². The summed E-state index contributed by atoms with van der Waals surface area (Å²) in [5.41, 5.74) is 0. The molecule has 2 rings (SSSR count). The van der Waals surface area contributed by atoms with Crippen molar-refractivity contribution in [2.45, 2.75) is 38.0 Å². The fraction of sp³-hybridized carbons (Fsp3) is 0.923. The van der Waals surface area contributed by atoms with E-state index in [1.165, 1.54) is 0 Å². The number of hydrogen-bond acceptors (Lipinski definition) is 3. The smallest absolute Gasteiger partial charge is 0.317 e. The Morgan fingerprint density at radius 1 is 1.56 bits per heavy atom. The van der Waals surface area contributed by atoms with Crippen molar-refractivity contribution in [3.63, 3.8) is 0 Å². The average molecular weight is 272 g/mol. The molecular weight excluding hydrogens is 248 g/mol. The van der Waals surface area contributed by atoms with Crippen molar-refractivity contribution in [3.05, 3.63) is 0 Å². The van der Waals surface area contributed by atoms with Crippen LogP contribution in [0.2, 0.25) is 0 Å². The number of rotatable bonds is 2. The second-order valence-electron chi connectivity index (χ2n) is 5.89. The van der Waals surface area contributed by atoms with E-state index in [0.717, 1.165) is 38.5 Å². The third kappa shape index (κ3) is 3.54. The maximum absolute atomic E-state index is 12.2. The Balaban J connectivity index is 1.83. The Labute approximate surface area is 114 Å². The van der Waals surface area contributed by atoms with Crippen molar-refractivity contribution in [1.29, 1.82) is 0 Å². The van der Waals surface area contributed by atoms with Gasteiger partial charge < -0.3 is 15.0 Å². The SMILES string of the molecule is C[C@H](NC(=O)N1CCSC(C)(C)C1)[C@@H]1CCOC1. The second-order valence-corrected chi connectivity index (χ2v) is 7.69. The van der Waals surface area contributed by atoms with E-state index >= 15 is 0 Å². The normalized spacial score (nSPS) is 29.1. The number of nitrogens with zero attached hydrogens (tertiary/aromatic N) is 1. The molecule has 2 aliphatic heterocycles. The van der Waals surface area contributed by atoms with Crippen LogP contribution < -0.4 is 5.32 Å². The highest BCUT2D eigenvalue weighted by Gasteiger charge is 2.31. The molecular formula is C13H24N2O2S. The van der Waals surface area contributed by atoms with E-state index in [1.807, 2.05) is 16.7 Å². The predicted molar refractivity (Wildman–Crippen MR) is 75.0 cm³/mol. The maximum atomic E-state index is 12.2. The molecule has 0 unspecified atom stereocenters. The molecule has 0 bridgehead atoms. The number of hydrogen-bond donors (Lipinski definition) is 1. The Hall–Kier alpha value is -0.420. The van der Waals surface area contributed by atoms with Gasteiger partial charge in [-0.1, -0.05) is 0 Å². The van der Waals surface area contributed by atoms with E-state index in [4.69, 9.17) is 4.74 Å². The van der Waals surface area contributed by atoms with E-state index in [-0.39, 0.29) is 16.8 Å². The summed E-state index contributed by atoms with van der Waals surface area (Å²) >= 11 is 1.94. The van der Waals surface area contributed by atoms with Crippen LogP contribution in [0.5, 0.6) is 0 Å². The molecule has 0 radical (unpaired) electrons. The average Bonchev–Trinajstić information content (AvgIpc) is 2.80. The number of carbonyl (C=O) groups excluding carboxylic acids is 1. The number of carbonyl (C=O) groups is 1. The lowest BCUT2D eigenvalue weighted by molar-refractivity contribution is 0.170. The summed E-state index contributed by atoms with van der Waals surface area (Å²) in [6.07, 6.45) is 1.06. The van der Waals surface area contributed by atoms with Gasteiger partial charge >= 0.3 is 6.03 Å². The minimum atomic E-state index is 0.0859. The summed E-state index contributed by atoms with van der Waals surface area (Å²) in [7, 11) is 0. The van der Waals surface area contributed by atoms with Gasteiger partial charge in [0.2, 0.25) is 0 Å². The third-order valence-electron chi connectivity index (χ3n) is 3.74. The Morgan fingerprint density at radius 2 is 2.33 bits per heavy atom. The van der Waals surface area contributed by atoms with Gasteiger partial charge in [0.1, 0.15) is 0 Å². The van der Waals surface area contributed by atoms with E-state index < -0.39 is 0 Å². The fourth-order valence-electron chi connectivity index (χ4n) is 2.54. The van der Waals surface area contributed by atoms with E-state index in [1.54, 1.807) is 0 Å². The second kappa shape index (κ2) is 5.70. The van der Waals surface area contributed by atoms with Crippen molar-refractivity contribution in [2.75, 3.05) is 32.1 Å². The Kier molecular flexibility index (Phi) is 4.43. The first-order chi connectivity index (χ1) is 8.48. The molecule has 2 heterocycles. The van der Waals surface area contributed by atoms with Crippen LogP contribution in [0.4, 0.5) is 4.79 Å². The first kappa shape index (κ1) is 14.0. The lowest BCUT2D eigenvalue weighted by Gasteiger charge is -2.38. The number of ether oxygens (including phenoxy) is 1. The lowest BCUT2D eigenvalue weighted by Crippen LogP contribution is -2.52. The molecule has 0 spiro atoms. The summed E-state index contributed by atoms with van der Waals surface area (Å²) in [5.74, 6) is 1.50. The maximum Gasteiger partial charge on any atom is 0.317 e. The van der Waals surface area contributed by atoms with Gasteiger partial charge in [-0.25, -0.2) is 4.79 Å². The van der Waals surface area contributed by atoms with Gasteiger partial charge in [-0.2, -0.15) is 11.8 Å². The summed E-state index contributed by atoms with van der Waals surface area (Å²) < 4.78 is 5.55. The monoisotopic (exact) mass is 272 g/mol. The van der Waals surface area contributed by atoms with Crippen LogP contribution in [0.1, 0.15) is 27.2 Å². The molecule has 2 saturated heterocycles. The molecule has 18 heavy (non-hydrogen) atoms. The van der Waals surface area contributed by atoms with Crippen LogP contribution in [0.15, 0.2) is 0 Å². The van der Waals surface area contributed by atoms with Gasteiger partial charge in [0, 0.05) is 42.2 Å². The molecule has 2 amide bonds. The molecule has 2 aliphatic rings. The molecule has 0 aromatic carbocycles.